The van der Waals surface area contributed by atoms with Gasteiger partial charge >= 0.3 is 0 Å². The molecular weight excluding hydrogens is 311 g/mol. The number of hydrogen-bond acceptors (Lipinski definition) is 2. The number of halogens is 2. The zero-order chi connectivity index (χ0) is 13.8. The van der Waals surface area contributed by atoms with Crippen molar-refractivity contribution >= 4 is 15.9 Å². The van der Waals surface area contributed by atoms with Crippen LogP contribution in [0.15, 0.2) is 46.9 Å². The maximum Gasteiger partial charge on any atom is 0.124 e. The predicted octanol–water partition coefficient (Wildman–Crippen LogP) is 3.87. The zero-order valence-corrected chi connectivity index (χ0v) is 12.0. The van der Waals surface area contributed by atoms with Gasteiger partial charge in [0.1, 0.15) is 11.6 Å². The first-order valence-corrected chi connectivity index (χ1v) is 6.65. The van der Waals surface area contributed by atoms with Crippen molar-refractivity contribution in [2.45, 2.75) is 12.5 Å². The molecule has 1 unspecified atom stereocenters. The fourth-order valence-electron chi connectivity index (χ4n) is 1.86. The molecule has 1 atom stereocenters. The van der Waals surface area contributed by atoms with Crippen LogP contribution in [0, 0.1) is 5.82 Å². The lowest BCUT2D eigenvalue weighted by Crippen LogP contribution is -2.03. The molecule has 0 heterocycles. The summed E-state index contributed by atoms with van der Waals surface area (Å²) >= 11 is 3.30. The van der Waals surface area contributed by atoms with Crippen LogP contribution in [0.5, 0.6) is 5.75 Å². The van der Waals surface area contributed by atoms with Gasteiger partial charge in [-0.2, -0.15) is 0 Å². The molecule has 0 saturated heterocycles. The van der Waals surface area contributed by atoms with E-state index in [0.29, 0.717) is 16.6 Å². The minimum atomic E-state index is -0.656. The highest BCUT2D eigenvalue weighted by Gasteiger charge is 2.12. The van der Waals surface area contributed by atoms with E-state index in [4.69, 9.17) is 4.74 Å². The number of aliphatic hydroxyl groups is 1. The van der Waals surface area contributed by atoms with Crippen molar-refractivity contribution in [1.82, 2.24) is 0 Å². The third kappa shape index (κ3) is 3.55. The summed E-state index contributed by atoms with van der Waals surface area (Å²) in [5.41, 5.74) is 1.63. The van der Waals surface area contributed by atoms with Crippen LogP contribution >= 0.6 is 15.9 Å². The van der Waals surface area contributed by atoms with Crippen molar-refractivity contribution in [3.8, 4) is 5.75 Å². The first kappa shape index (κ1) is 14.0. The Morgan fingerprint density at radius 1 is 1.26 bits per heavy atom. The number of methoxy groups -OCH3 is 1. The number of benzene rings is 2. The van der Waals surface area contributed by atoms with Crippen LogP contribution in [0.2, 0.25) is 0 Å². The Hall–Kier alpha value is -1.39. The lowest BCUT2D eigenvalue weighted by Gasteiger charge is -2.13. The smallest absolute Gasteiger partial charge is 0.124 e. The molecule has 0 aliphatic heterocycles. The van der Waals surface area contributed by atoms with E-state index >= 15 is 0 Å². The maximum atomic E-state index is 13.0. The molecule has 0 radical (unpaired) electrons. The molecular formula is C15H14BrFO2. The molecule has 0 bridgehead atoms. The summed E-state index contributed by atoms with van der Waals surface area (Å²) in [6.07, 6.45) is -0.245. The molecule has 100 valence electrons. The highest BCUT2D eigenvalue weighted by molar-refractivity contribution is 9.10. The molecule has 0 aromatic heterocycles. The molecule has 0 aliphatic carbocycles. The van der Waals surface area contributed by atoms with E-state index in [2.05, 4.69) is 15.9 Å². The summed E-state index contributed by atoms with van der Waals surface area (Å²) in [5, 5.41) is 10.2. The topological polar surface area (TPSA) is 29.5 Å². The first-order chi connectivity index (χ1) is 9.10. The van der Waals surface area contributed by atoms with E-state index in [1.54, 1.807) is 19.2 Å². The van der Waals surface area contributed by atoms with Gasteiger partial charge < -0.3 is 9.84 Å². The molecule has 0 amide bonds. The summed E-state index contributed by atoms with van der Waals surface area (Å²) in [6, 6.07) is 11.7. The van der Waals surface area contributed by atoms with Crippen LogP contribution in [0.25, 0.3) is 0 Å². The van der Waals surface area contributed by atoms with Crippen molar-refractivity contribution in [1.29, 1.82) is 0 Å². The lowest BCUT2D eigenvalue weighted by molar-refractivity contribution is 0.178. The third-order valence-corrected chi connectivity index (χ3v) is 3.65. The normalized spacial score (nSPS) is 12.2. The average molecular weight is 325 g/mol. The second-order valence-electron chi connectivity index (χ2n) is 4.23. The minimum Gasteiger partial charge on any atom is -0.497 e. The van der Waals surface area contributed by atoms with Crippen molar-refractivity contribution in [3.63, 3.8) is 0 Å². The summed E-state index contributed by atoms with van der Waals surface area (Å²) in [6.45, 7) is 0. The molecule has 0 aliphatic rings. The summed E-state index contributed by atoms with van der Waals surface area (Å²) < 4.78 is 18.8. The van der Waals surface area contributed by atoms with Gasteiger partial charge in [0, 0.05) is 10.9 Å². The zero-order valence-electron chi connectivity index (χ0n) is 10.4. The number of hydrogen-bond donors (Lipinski definition) is 1. The highest BCUT2D eigenvalue weighted by Crippen LogP contribution is 2.26. The molecule has 4 heteroatoms. The van der Waals surface area contributed by atoms with Gasteiger partial charge in [-0.05, 0) is 35.4 Å². The standard InChI is InChI=1S/C15H14BrFO2/c1-19-13-4-2-3-11(7-13)15(18)8-10-5-6-12(17)9-14(10)16/h2-7,9,15,18H,8H2,1H3. The van der Waals surface area contributed by atoms with E-state index in [1.807, 2.05) is 18.2 Å². The fourth-order valence-corrected chi connectivity index (χ4v) is 2.37. The van der Waals surface area contributed by atoms with Gasteiger partial charge in [0.05, 0.1) is 13.2 Å². The number of rotatable bonds is 4. The van der Waals surface area contributed by atoms with E-state index < -0.39 is 6.10 Å². The van der Waals surface area contributed by atoms with Crippen molar-refractivity contribution < 1.29 is 14.2 Å². The first-order valence-electron chi connectivity index (χ1n) is 5.86. The minimum absolute atomic E-state index is 0.300. The van der Waals surface area contributed by atoms with Gasteiger partial charge in [0.25, 0.3) is 0 Å². The van der Waals surface area contributed by atoms with Crippen molar-refractivity contribution in [3.05, 3.63) is 63.9 Å². The Bertz CT molecular complexity index is 572. The van der Waals surface area contributed by atoms with Crippen LogP contribution in [0.4, 0.5) is 4.39 Å². The monoisotopic (exact) mass is 324 g/mol. The molecule has 19 heavy (non-hydrogen) atoms. The molecule has 0 saturated carbocycles. The van der Waals surface area contributed by atoms with Crippen LogP contribution in [0.1, 0.15) is 17.2 Å². The maximum absolute atomic E-state index is 13.0. The Balaban J connectivity index is 2.17. The molecule has 2 aromatic carbocycles. The third-order valence-electron chi connectivity index (χ3n) is 2.91. The molecule has 2 nitrogen and oxygen atoms in total. The van der Waals surface area contributed by atoms with Gasteiger partial charge in [-0.1, -0.05) is 34.1 Å². The van der Waals surface area contributed by atoms with Crippen LogP contribution < -0.4 is 4.74 Å². The van der Waals surface area contributed by atoms with E-state index in [-0.39, 0.29) is 5.82 Å². The Morgan fingerprint density at radius 2 is 2.05 bits per heavy atom. The highest BCUT2D eigenvalue weighted by atomic mass is 79.9. The molecule has 1 N–H and O–H groups in total. The van der Waals surface area contributed by atoms with Gasteiger partial charge in [-0.25, -0.2) is 4.39 Å². The second-order valence-corrected chi connectivity index (χ2v) is 5.09. The second kappa shape index (κ2) is 6.17. The molecule has 0 fully saturated rings. The Kier molecular flexibility index (Phi) is 4.56. The largest absolute Gasteiger partial charge is 0.497 e. The predicted molar refractivity (Wildman–Crippen MR) is 75.8 cm³/mol. The van der Waals surface area contributed by atoms with E-state index in [1.165, 1.54) is 12.1 Å². The van der Waals surface area contributed by atoms with Gasteiger partial charge in [-0.3, -0.25) is 0 Å². The lowest BCUT2D eigenvalue weighted by atomic mass is 10.0. The summed E-state index contributed by atoms with van der Waals surface area (Å²) in [5.74, 6) is 0.404. The number of aliphatic hydroxyl groups excluding tert-OH is 1. The van der Waals surface area contributed by atoms with Gasteiger partial charge in [-0.15, -0.1) is 0 Å². The fraction of sp³-hybridized carbons (Fsp3) is 0.200. The average Bonchev–Trinajstić information content (AvgIpc) is 2.42. The van der Waals surface area contributed by atoms with Gasteiger partial charge in [0.15, 0.2) is 0 Å². The molecule has 0 spiro atoms. The van der Waals surface area contributed by atoms with Crippen molar-refractivity contribution in [2.75, 3.05) is 7.11 Å². The van der Waals surface area contributed by atoms with E-state index in [9.17, 15) is 9.50 Å². The summed E-state index contributed by atoms with van der Waals surface area (Å²) in [7, 11) is 1.59. The SMILES string of the molecule is COc1cccc(C(O)Cc2ccc(F)cc2Br)c1. The van der Waals surface area contributed by atoms with Crippen molar-refractivity contribution in [2.24, 2.45) is 0 Å². The Labute approximate surface area is 120 Å². The number of ether oxygens (including phenoxy) is 1. The van der Waals surface area contributed by atoms with Crippen LogP contribution in [-0.2, 0) is 6.42 Å². The molecule has 2 rings (SSSR count). The Morgan fingerprint density at radius 3 is 2.74 bits per heavy atom. The van der Waals surface area contributed by atoms with E-state index in [0.717, 1.165) is 11.1 Å². The van der Waals surface area contributed by atoms with Crippen LogP contribution in [-0.4, -0.2) is 12.2 Å². The summed E-state index contributed by atoms with van der Waals surface area (Å²) in [4.78, 5) is 0. The van der Waals surface area contributed by atoms with Crippen LogP contribution in [0.3, 0.4) is 0 Å². The molecule has 2 aromatic rings. The quantitative estimate of drug-likeness (QED) is 0.925. The van der Waals surface area contributed by atoms with Gasteiger partial charge in [0.2, 0.25) is 0 Å².